The fourth-order valence-corrected chi connectivity index (χ4v) is 1.91. The van der Waals surface area contributed by atoms with Crippen LogP contribution in [0.3, 0.4) is 0 Å². The Morgan fingerprint density at radius 3 is 2.79 bits per heavy atom. The number of nitrogens with zero attached hydrogens (tertiary/aromatic N) is 1. The number of carbonyl (C=O) groups excluding carboxylic acids is 1. The van der Waals surface area contributed by atoms with Gasteiger partial charge in [0.1, 0.15) is 11.6 Å². The molecule has 3 nitrogen and oxygen atoms in total. The lowest BCUT2D eigenvalue weighted by molar-refractivity contribution is -0.115. The second-order valence-electron chi connectivity index (χ2n) is 3.78. The summed E-state index contributed by atoms with van der Waals surface area (Å²) >= 11 is 11.6. The number of pyridine rings is 1. The lowest BCUT2D eigenvalue weighted by atomic mass is 10.1. The number of anilines is 1. The van der Waals surface area contributed by atoms with Gasteiger partial charge in [0.25, 0.3) is 0 Å². The molecule has 1 heterocycles. The van der Waals surface area contributed by atoms with Crippen LogP contribution in [0.25, 0.3) is 0 Å². The van der Waals surface area contributed by atoms with Crippen LogP contribution in [0.2, 0.25) is 10.0 Å². The maximum atomic E-state index is 13.5. The van der Waals surface area contributed by atoms with Crippen LogP contribution < -0.4 is 5.32 Å². The molecule has 2 rings (SSSR count). The van der Waals surface area contributed by atoms with Crippen molar-refractivity contribution in [2.75, 3.05) is 5.32 Å². The van der Waals surface area contributed by atoms with Crippen LogP contribution in [0.1, 0.15) is 5.56 Å². The Balaban J connectivity index is 2.10. The lowest BCUT2D eigenvalue weighted by Gasteiger charge is -2.07. The number of rotatable bonds is 3. The average Bonchev–Trinajstić information content (AvgIpc) is 2.34. The van der Waals surface area contributed by atoms with Gasteiger partial charge in [0, 0.05) is 21.8 Å². The van der Waals surface area contributed by atoms with Crippen molar-refractivity contribution in [3.05, 3.63) is 58.0 Å². The van der Waals surface area contributed by atoms with Crippen molar-refractivity contribution in [2.45, 2.75) is 6.42 Å². The highest BCUT2D eigenvalue weighted by molar-refractivity contribution is 6.31. The minimum absolute atomic E-state index is 0.156. The molecule has 0 spiro atoms. The number of hydrogen-bond acceptors (Lipinski definition) is 2. The Morgan fingerprint density at radius 1 is 1.32 bits per heavy atom. The molecule has 2 aromatic rings. The van der Waals surface area contributed by atoms with Crippen LogP contribution in [-0.2, 0) is 11.2 Å². The summed E-state index contributed by atoms with van der Waals surface area (Å²) in [6.07, 6.45) is 1.30. The molecule has 1 N–H and O–H groups in total. The molecule has 98 valence electrons. The first kappa shape index (κ1) is 13.8. The molecule has 1 amide bonds. The molecular formula is C13H9Cl2FN2O. The second-order valence-corrected chi connectivity index (χ2v) is 4.63. The van der Waals surface area contributed by atoms with Gasteiger partial charge in [0.2, 0.25) is 5.91 Å². The summed E-state index contributed by atoms with van der Waals surface area (Å²) in [6.45, 7) is 0. The van der Waals surface area contributed by atoms with Crippen molar-refractivity contribution < 1.29 is 9.18 Å². The molecule has 0 aliphatic carbocycles. The zero-order chi connectivity index (χ0) is 13.8. The standard InChI is InChI=1S/C13H9Cl2FN2O/c14-8-4-5-17-12(6-8)18-13(19)7-9-10(15)2-1-3-11(9)16/h1-6H,7H2,(H,17,18,19). The van der Waals surface area contributed by atoms with Crippen LogP contribution in [0.4, 0.5) is 10.2 Å². The normalized spacial score (nSPS) is 10.3. The van der Waals surface area contributed by atoms with Gasteiger partial charge in [-0.3, -0.25) is 4.79 Å². The monoisotopic (exact) mass is 298 g/mol. The summed E-state index contributed by atoms with van der Waals surface area (Å²) in [5, 5.41) is 3.20. The molecule has 6 heteroatoms. The fraction of sp³-hybridized carbons (Fsp3) is 0.0769. The van der Waals surface area contributed by atoms with Gasteiger partial charge in [-0.25, -0.2) is 9.37 Å². The SMILES string of the molecule is O=C(Cc1c(F)cccc1Cl)Nc1cc(Cl)ccn1. The maximum Gasteiger partial charge on any atom is 0.230 e. The smallest absolute Gasteiger partial charge is 0.230 e. The number of hydrogen-bond donors (Lipinski definition) is 1. The Labute approximate surface area is 119 Å². The van der Waals surface area contributed by atoms with E-state index in [-0.39, 0.29) is 17.0 Å². The third-order valence-corrected chi connectivity index (χ3v) is 2.98. The minimum Gasteiger partial charge on any atom is -0.310 e. The molecule has 1 aromatic heterocycles. The van der Waals surface area contributed by atoms with Crippen molar-refractivity contribution >= 4 is 34.9 Å². The largest absolute Gasteiger partial charge is 0.310 e. The molecule has 0 bridgehead atoms. The van der Waals surface area contributed by atoms with Gasteiger partial charge in [-0.05, 0) is 24.3 Å². The second kappa shape index (κ2) is 5.99. The third-order valence-electron chi connectivity index (χ3n) is 2.39. The first-order chi connectivity index (χ1) is 9.06. The molecule has 0 saturated heterocycles. The summed E-state index contributed by atoms with van der Waals surface area (Å²) in [5.41, 5.74) is 0.156. The topological polar surface area (TPSA) is 42.0 Å². The van der Waals surface area contributed by atoms with E-state index in [0.717, 1.165) is 0 Å². The lowest BCUT2D eigenvalue weighted by Crippen LogP contribution is -2.16. The Kier molecular flexibility index (Phi) is 4.35. The molecule has 0 radical (unpaired) electrons. The number of halogens is 3. The van der Waals surface area contributed by atoms with E-state index in [4.69, 9.17) is 23.2 Å². The zero-order valence-electron chi connectivity index (χ0n) is 9.66. The van der Waals surface area contributed by atoms with E-state index in [1.54, 1.807) is 6.07 Å². The van der Waals surface area contributed by atoms with Gasteiger partial charge in [-0.2, -0.15) is 0 Å². The van der Waals surface area contributed by atoms with E-state index in [1.807, 2.05) is 0 Å². The molecule has 1 aromatic carbocycles. The van der Waals surface area contributed by atoms with E-state index in [2.05, 4.69) is 10.3 Å². The number of amides is 1. The van der Waals surface area contributed by atoms with E-state index < -0.39 is 11.7 Å². The Bertz CT molecular complexity index is 599. The van der Waals surface area contributed by atoms with Crippen molar-refractivity contribution in [1.82, 2.24) is 4.98 Å². The summed E-state index contributed by atoms with van der Waals surface area (Å²) in [4.78, 5) is 15.7. The first-order valence-electron chi connectivity index (χ1n) is 5.40. The molecule has 0 unspecified atom stereocenters. The van der Waals surface area contributed by atoms with E-state index >= 15 is 0 Å². The molecule has 0 atom stereocenters. The zero-order valence-corrected chi connectivity index (χ0v) is 11.2. The third kappa shape index (κ3) is 3.66. The highest BCUT2D eigenvalue weighted by atomic mass is 35.5. The summed E-state index contributed by atoms with van der Waals surface area (Å²) in [6, 6.07) is 7.36. The number of carbonyl (C=O) groups is 1. The van der Waals surface area contributed by atoms with Crippen LogP contribution in [-0.4, -0.2) is 10.9 Å². The summed E-state index contributed by atoms with van der Waals surface area (Å²) in [7, 11) is 0. The Hall–Kier alpha value is -1.65. The molecule has 0 saturated carbocycles. The van der Waals surface area contributed by atoms with Gasteiger partial charge in [0.05, 0.1) is 6.42 Å². The van der Waals surface area contributed by atoms with Crippen molar-refractivity contribution in [3.8, 4) is 0 Å². The maximum absolute atomic E-state index is 13.5. The quantitative estimate of drug-likeness (QED) is 0.938. The molecule has 0 aliphatic heterocycles. The van der Waals surface area contributed by atoms with Crippen molar-refractivity contribution in [3.63, 3.8) is 0 Å². The van der Waals surface area contributed by atoms with E-state index in [1.165, 1.54) is 30.5 Å². The number of nitrogens with one attached hydrogen (secondary N) is 1. The summed E-state index contributed by atoms with van der Waals surface area (Å²) in [5.74, 6) is -0.617. The van der Waals surface area contributed by atoms with E-state index in [9.17, 15) is 9.18 Å². The highest BCUT2D eigenvalue weighted by Gasteiger charge is 2.12. The van der Waals surface area contributed by atoms with Crippen LogP contribution in [0, 0.1) is 5.82 Å². The van der Waals surface area contributed by atoms with E-state index in [0.29, 0.717) is 10.8 Å². The number of benzene rings is 1. The van der Waals surface area contributed by atoms with Gasteiger partial charge in [-0.1, -0.05) is 29.3 Å². The Morgan fingerprint density at radius 2 is 2.11 bits per heavy atom. The average molecular weight is 299 g/mol. The van der Waals surface area contributed by atoms with Gasteiger partial charge >= 0.3 is 0 Å². The first-order valence-corrected chi connectivity index (χ1v) is 6.16. The van der Waals surface area contributed by atoms with Crippen LogP contribution >= 0.6 is 23.2 Å². The van der Waals surface area contributed by atoms with Gasteiger partial charge < -0.3 is 5.32 Å². The van der Waals surface area contributed by atoms with Crippen LogP contribution in [0.15, 0.2) is 36.5 Å². The predicted octanol–water partition coefficient (Wildman–Crippen LogP) is 3.71. The molecule has 0 aliphatic rings. The predicted molar refractivity (Wildman–Crippen MR) is 73.0 cm³/mol. The van der Waals surface area contributed by atoms with Crippen molar-refractivity contribution in [1.29, 1.82) is 0 Å². The molecular weight excluding hydrogens is 290 g/mol. The van der Waals surface area contributed by atoms with Gasteiger partial charge in [0.15, 0.2) is 0 Å². The van der Waals surface area contributed by atoms with Crippen molar-refractivity contribution in [2.24, 2.45) is 0 Å². The number of aromatic nitrogens is 1. The minimum atomic E-state index is -0.512. The summed E-state index contributed by atoms with van der Waals surface area (Å²) < 4.78 is 13.5. The highest BCUT2D eigenvalue weighted by Crippen LogP contribution is 2.20. The molecule has 19 heavy (non-hydrogen) atoms. The van der Waals surface area contributed by atoms with Crippen LogP contribution in [0.5, 0.6) is 0 Å². The fourth-order valence-electron chi connectivity index (χ4n) is 1.52. The molecule has 0 fully saturated rings. The van der Waals surface area contributed by atoms with Gasteiger partial charge in [-0.15, -0.1) is 0 Å².